The van der Waals surface area contributed by atoms with Crippen molar-refractivity contribution >= 4 is 39.1 Å². The molecule has 0 aromatic heterocycles. The highest BCUT2D eigenvalue weighted by Crippen LogP contribution is 2.27. The predicted octanol–water partition coefficient (Wildman–Crippen LogP) is 4.50. The van der Waals surface area contributed by atoms with Gasteiger partial charge in [0.05, 0.1) is 11.7 Å². The van der Waals surface area contributed by atoms with Crippen LogP contribution in [0.15, 0.2) is 42.5 Å². The predicted molar refractivity (Wildman–Crippen MR) is 121 cm³/mol. The van der Waals surface area contributed by atoms with Crippen molar-refractivity contribution in [1.82, 2.24) is 9.21 Å². The van der Waals surface area contributed by atoms with E-state index < -0.39 is 10.0 Å². The summed E-state index contributed by atoms with van der Waals surface area (Å²) < 4.78 is 27.3. The zero-order valence-electron chi connectivity index (χ0n) is 17.1. The Kier molecular flexibility index (Phi) is 7.45. The molecule has 5 nitrogen and oxygen atoms in total. The number of carbonyl (C=O) groups excluding carboxylic acids is 1. The van der Waals surface area contributed by atoms with Crippen molar-refractivity contribution in [2.45, 2.75) is 32.1 Å². The van der Waals surface area contributed by atoms with E-state index in [0.29, 0.717) is 41.5 Å². The van der Waals surface area contributed by atoms with E-state index in [1.165, 1.54) is 15.9 Å². The van der Waals surface area contributed by atoms with Gasteiger partial charge in [0.25, 0.3) is 0 Å². The normalized spacial score (nSPS) is 17.7. The molecule has 162 valence electrons. The number of benzene rings is 2. The van der Waals surface area contributed by atoms with Crippen LogP contribution in [-0.4, -0.2) is 43.7 Å². The molecule has 2 aromatic rings. The molecule has 1 aliphatic rings. The molecule has 1 heterocycles. The van der Waals surface area contributed by atoms with Crippen molar-refractivity contribution < 1.29 is 13.2 Å². The van der Waals surface area contributed by atoms with Gasteiger partial charge in [0.1, 0.15) is 0 Å². The van der Waals surface area contributed by atoms with Gasteiger partial charge in [0, 0.05) is 36.7 Å². The lowest BCUT2D eigenvalue weighted by Crippen LogP contribution is -2.46. The Hall–Kier alpha value is -1.60. The molecule has 1 amide bonds. The first-order chi connectivity index (χ1) is 14.2. The SMILES string of the molecule is Cc1ccc(CN(C)C(=O)[C@@H]2CCCN(S(=O)(=O)Cc3ccc(Cl)cc3Cl)C2)cc1. The first-order valence-corrected chi connectivity index (χ1v) is 12.2. The molecular formula is C22H26Cl2N2O3S. The molecular weight excluding hydrogens is 443 g/mol. The van der Waals surface area contributed by atoms with Gasteiger partial charge in [-0.15, -0.1) is 0 Å². The van der Waals surface area contributed by atoms with Crippen molar-refractivity contribution in [3.8, 4) is 0 Å². The van der Waals surface area contributed by atoms with E-state index in [9.17, 15) is 13.2 Å². The minimum atomic E-state index is -3.59. The highest BCUT2D eigenvalue weighted by molar-refractivity contribution is 7.88. The first kappa shape index (κ1) is 23.1. The standard InChI is InChI=1S/C22H26Cl2N2O3S/c1-16-5-7-17(8-6-16)13-25(2)22(27)18-4-3-11-26(14-18)30(28,29)15-19-9-10-20(23)12-21(19)24/h5-10,12,18H,3-4,11,13-15H2,1-2H3/t18-/m1/s1. The molecule has 1 saturated heterocycles. The first-order valence-electron chi connectivity index (χ1n) is 9.88. The number of amides is 1. The van der Waals surface area contributed by atoms with Gasteiger partial charge in [0.15, 0.2) is 0 Å². The lowest BCUT2D eigenvalue weighted by atomic mass is 9.98. The van der Waals surface area contributed by atoms with E-state index in [-0.39, 0.29) is 24.1 Å². The summed E-state index contributed by atoms with van der Waals surface area (Å²) in [5.41, 5.74) is 2.72. The molecule has 1 fully saturated rings. The molecule has 1 atom stereocenters. The van der Waals surface area contributed by atoms with Gasteiger partial charge >= 0.3 is 0 Å². The number of rotatable bonds is 6. The zero-order valence-corrected chi connectivity index (χ0v) is 19.5. The van der Waals surface area contributed by atoms with Crippen LogP contribution in [0.25, 0.3) is 0 Å². The molecule has 0 unspecified atom stereocenters. The molecule has 3 rings (SSSR count). The van der Waals surface area contributed by atoms with E-state index >= 15 is 0 Å². The Morgan fingerprint density at radius 3 is 2.53 bits per heavy atom. The van der Waals surface area contributed by atoms with Crippen LogP contribution in [0.4, 0.5) is 0 Å². The molecule has 30 heavy (non-hydrogen) atoms. The number of carbonyl (C=O) groups is 1. The Balaban J connectivity index is 1.66. The molecule has 0 saturated carbocycles. The summed E-state index contributed by atoms with van der Waals surface area (Å²) >= 11 is 12.1. The highest BCUT2D eigenvalue weighted by atomic mass is 35.5. The summed E-state index contributed by atoms with van der Waals surface area (Å²) in [7, 11) is -1.83. The summed E-state index contributed by atoms with van der Waals surface area (Å²) in [6.45, 7) is 3.14. The maximum atomic E-state index is 13.0. The number of nitrogens with zero attached hydrogens (tertiary/aromatic N) is 2. The fraction of sp³-hybridized carbons (Fsp3) is 0.409. The fourth-order valence-electron chi connectivity index (χ4n) is 3.68. The molecule has 0 aliphatic carbocycles. The zero-order chi connectivity index (χ0) is 21.9. The van der Waals surface area contributed by atoms with Crippen LogP contribution in [0.3, 0.4) is 0 Å². The minimum absolute atomic E-state index is 0.0278. The van der Waals surface area contributed by atoms with E-state index in [1.54, 1.807) is 24.1 Å². The third-order valence-corrected chi connectivity index (χ3v) is 7.78. The number of aryl methyl sites for hydroxylation is 1. The van der Waals surface area contributed by atoms with Crippen LogP contribution in [-0.2, 0) is 27.1 Å². The average molecular weight is 469 g/mol. The molecule has 8 heteroatoms. The van der Waals surface area contributed by atoms with Gasteiger partial charge in [0.2, 0.25) is 15.9 Å². The molecule has 2 aromatic carbocycles. The van der Waals surface area contributed by atoms with Crippen molar-refractivity contribution in [2.75, 3.05) is 20.1 Å². The molecule has 0 bridgehead atoms. The fourth-order valence-corrected chi connectivity index (χ4v) is 5.88. The van der Waals surface area contributed by atoms with Crippen molar-refractivity contribution in [3.63, 3.8) is 0 Å². The number of piperidine rings is 1. The molecule has 0 N–H and O–H groups in total. The third-order valence-electron chi connectivity index (χ3n) is 5.40. The number of halogens is 2. The molecule has 0 spiro atoms. The largest absolute Gasteiger partial charge is 0.341 e. The Morgan fingerprint density at radius 2 is 1.87 bits per heavy atom. The van der Waals surface area contributed by atoms with E-state index in [2.05, 4.69) is 0 Å². The highest BCUT2D eigenvalue weighted by Gasteiger charge is 2.34. The van der Waals surface area contributed by atoms with E-state index in [0.717, 1.165) is 5.56 Å². The van der Waals surface area contributed by atoms with Crippen LogP contribution < -0.4 is 0 Å². The van der Waals surface area contributed by atoms with Crippen molar-refractivity contribution in [1.29, 1.82) is 0 Å². The minimum Gasteiger partial charge on any atom is -0.341 e. The van der Waals surface area contributed by atoms with Crippen molar-refractivity contribution in [2.24, 2.45) is 5.92 Å². The maximum absolute atomic E-state index is 13.0. The van der Waals surface area contributed by atoms with E-state index in [4.69, 9.17) is 23.2 Å². The van der Waals surface area contributed by atoms with Gasteiger partial charge in [-0.1, -0.05) is 59.1 Å². The van der Waals surface area contributed by atoms with Gasteiger partial charge in [-0.05, 0) is 43.0 Å². The van der Waals surface area contributed by atoms with Gasteiger partial charge in [-0.2, -0.15) is 0 Å². The number of hydrogen-bond acceptors (Lipinski definition) is 3. The summed E-state index contributed by atoms with van der Waals surface area (Å²) in [4.78, 5) is 14.6. The lowest BCUT2D eigenvalue weighted by Gasteiger charge is -2.33. The quantitative estimate of drug-likeness (QED) is 0.626. The van der Waals surface area contributed by atoms with Crippen LogP contribution in [0, 0.1) is 12.8 Å². The van der Waals surface area contributed by atoms with Gasteiger partial charge < -0.3 is 4.90 Å². The smallest absolute Gasteiger partial charge is 0.227 e. The molecule has 1 aliphatic heterocycles. The molecule has 0 radical (unpaired) electrons. The van der Waals surface area contributed by atoms with E-state index in [1.807, 2.05) is 31.2 Å². The second kappa shape index (κ2) is 9.69. The monoisotopic (exact) mass is 468 g/mol. The van der Waals surface area contributed by atoms with Crippen molar-refractivity contribution in [3.05, 3.63) is 69.2 Å². The topological polar surface area (TPSA) is 57.7 Å². The summed E-state index contributed by atoms with van der Waals surface area (Å²) in [6, 6.07) is 12.8. The average Bonchev–Trinajstić information content (AvgIpc) is 2.71. The van der Waals surface area contributed by atoms with Crippen LogP contribution >= 0.6 is 23.2 Å². The van der Waals surface area contributed by atoms with Crippen LogP contribution in [0.5, 0.6) is 0 Å². The maximum Gasteiger partial charge on any atom is 0.227 e. The van der Waals surface area contributed by atoms with Gasteiger partial charge in [-0.3, -0.25) is 4.79 Å². The lowest BCUT2D eigenvalue weighted by molar-refractivity contribution is -0.135. The number of hydrogen-bond donors (Lipinski definition) is 0. The summed E-state index contributed by atoms with van der Waals surface area (Å²) in [5.74, 6) is -0.576. The second-order valence-corrected chi connectivity index (χ2v) is 10.7. The van der Waals surface area contributed by atoms with Crippen LogP contribution in [0.2, 0.25) is 10.0 Å². The van der Waals surface area contributed by atoms with Gasteiger partial charge in [-0.25, -0.2) is 12.7 Å². The number of sulfonamides is 1. The summed E-state index contributed by atoms with van der Waals surface area (Å²) in [6.07, 6.45) is 1.34. The summed E-state index contributed by atoms with van der Waals surface area (Å²) in [5, 5.41) is 0.787. The second-order valence-electron chi connectivity index (χ2n) is 7.87. The Morgan fingerprint density at radius 1 is 1.17 bits per heavy atom. The van der Waals surface area contributed by atoms with Crippen LogP contribution in [0.1, 0.15) is 29.5 Å². The Bertz CT molecular complexity index is 1010. The Labute approximate surface area is 188 Å². The third kappa shape index (κ3) is 5.76.